The standard InChI is InChI=1S/C23H29NO5/c1-16-7-9-17(10-8-16)20(27-12-11-25)14-24-21(26)15-28-19-6-4-5-18-13-23(2,3)29-22(18)19/h4-10,20,25H,11-15H2,1-3H3,(H,24,26). The molecule has 6 nitrogen and oxygen atoms in total. The summed E-state index contributed by atoms with van der Waals surface area (Å²) in [6.07, 6.45) is 0.475. The summed E-state index contributed by atoms with van der Waals surface area (Å²) in [5.74, 6) is 1.05. The van der Waals surface area contributed by atoms with Crippen LogP contribution in [0.15, 0.2) is 42.5 Å². The normalized spacial score (nSPS) is 15.3. The summed E-state index contributed by atoms with van der Waals surface area (Å²) in [4.78, 5) is 12.3. The number of rotatable bonds is 9. The van der Waals surface area contributed by atoms with Crippen LogP contribution in [0.2, 0.25) is 0 Å². The fourth-order valence-corrected chi connectivity index (χ4v) is 3.35. The van der Waals surface area contributed by atoms with E-state index in [4.69, 9.17) is 19.3 Å². The number of ether oxygens (including phenoxy) is 3. The van der Waals surface area contributed by atoms with Crippen LogP contribution in [0.5, 0.6) is 11.5 Å². The Morgan fingerprint density at radius 2 is 2.00 bits per heavy atom. The van der Waals surface area contributed by atoms with Gasteiger partial charge in [-0.2, -0.15) is 0 Å². The van der Waals surface area contributed by atoms with Gasteiger partial charge in [0.2, 0.25) is 0 Å². The van der Waals surface area contributed by atoms with Crippen molar-refractivity contribution in [3.05, 3.63) is 59.2 Å². The van der Waals surface area contributed by atoms with Crippen LogP contribution >= 0.6 is 0 Å². The van der Waals surface area contributed by atoms with Crippen LogP contribution in [-0.2, 0) is 16.0 Å². The molecule has 1 aliphatic rings. The van der Waals surface area contributed by atoms with E-state index in [1.165, 1.54) is 0 Å². The Bertz CT molecular complexity index is 832. The van der Waals surface area contributed by atoms with Crippen molar-refractivity contribution in [3.8, 4) is 11.5 Å². The number of hydrogen-bond acceptors (Lipinski definition) is 5. The molecule has 3 rings (SSSR count). The second-order valence-electron chi connectivity index (χ2n) is 7.87. The first-order chi connectivity index (χ1) is 13.9. The molecule has 0 fully saturated rings. The molecule has 29 heavy (non-hydrogen) atoms. The molecule has 2 N–H and O–H groups in total. The van der Waals surface area contributed by atoms with Crippen molar-refractivity contribution in [2.45, 2.75) is 38.9 Å². The summed E-state index contributed by atoms with van der Waals surface area (Å²) in [6.45, 7) is 6.38. The van der Waals surface area contributed by atoms with E-state index < -0.39 is 0 Å². The fraction of sp³-hybridized carbons (Fsp3) is 0.435. The van der Waals surface area contributed by atoms with Gasteiger partial charge in [0, 0.05) is 18.5 Å². The molecular weight excluding hydrogens is 370 g/mol. The zero-order valence-electron chi connectivity index (χ0n) is 17.2. The maximum atomic E-state index is 12.3. The maximum absolute atomic E-state index is 12.3. The molecule has 2 aromatic rings. The lowest BCUT2D eigenvalue weighted by molar-refractivity contribution is -0.123. The lowest BCUT2D eigenvalue weighted by Crippen LogP contribution is -2.33. The second-order valence-corrected chi connectivity index (χ2v) is 7.87. The average Bonchev–Trinajstić information content (AvgIpc) is 3.01. The topological polar surface area (TPSA) is 77.0 Å². The van der Waals surface area contributed by atoms with Crippen LogP contribution in [0.25, 0.3) is 0 Å². The molecule has 0 saturated heterocycles. The molecule has 1 heterocycles. The SMILES string of the molecule is Cc1ccc(C(CNC(=O)COc2cccc3c2OC(C)(C)C3)OCCO)cc1. The summed E-state index contributed by atoms with van der Waals surface area (Å²) >= 11 is 0. The zero-order valence-corrected chi connectivity index (χ0v) is 17.2. The monoisotopic (exact) mass is 399 g/mol. The van der Waals surface area contributed by atoms with E-state index in [9.17, 15) is 4.79 Å². The van der Waals surface area contributed by atoms with Crippen molar-refractivity contribution in [1.29, 1.82) is 0 Å². The fourth-order valence-electron chi connectivity index (χ4n) is 3.35. The predicted molar refractivity (Wildman–Crippen MR) is 110 cm³/mol. The van der Waals surface area contributed by atoms with Crippen molar-refractivity contribution in [2.75, 3.05) is 26.4 Å². The van der Waals surface area contributed by atoms with E-state index in [-0.39, 0.29) is 37.4 Å². The van der Waals surface area contributed by atoms with Crippen LogP contribution in [0.1, 0.15) is 36.6 Å². The van der Waals surface area contributed by atoms with Gasteiger partial charge in [-0.1, -0.05) is 42.0 Å². The number of aryl methyl sites for hydroxylation is 1. The smallest absolute Gasteiger partial charge is 0.258 e. The number of fused-ring (bicyclic) bond motifs is 1. The van der Waals surface area contributed by atoms with E-state index >= 15 is 0 Å². The number of benzene rings is 2. The van der Waals surface area contributed by atoms with E-state index in [2.05, 4.69) is 5.32 Å². The van der Waals surface area contributed by atoms with Gasteiger partial charge in [0.05, 0.1) is 19.3 Å². The second kappa shape index (κ2) is 9.29. The molecule has 1 unspecified atom stereocenters. The highest BCUT2D eigenvalue weighted by Gasteiger charge is 2.32. The first-order valence-corrected chi connectivity index (χ1v) is 9.87. The minimum Gasteiger partial charge on any atom is -0.483 e. The number of aliphatic hydroxyl groups excluding tert-OH is 1. The number of carbonyl (C=O) groups excluding carboxylic acids is 1. The molecule has 0 bridgehead atoms. The van der Waals surface area contributed by atoms with Gasteiger partial charge in [0.25, 0.3) is 5.91 Å². The summed E-state index contributed by atoms with van der Waals surface area (Å²) < 4.78 is 17.4. The van der Waals surface area contributed by atoms with Crippen LogP contribution in [-0.4, -0.2) is 43.0 Å². The number of nitrogens with one attached hydrogen (secondary N) is 1. The van der Waals surface area contributed by atoms with Crippen molar-refractivity contribution < 1.29 is 24.1 Å². The van der Waals surface area contributed by atoms with Crippen LogP contribution in [0, 0.1) is 6.92 Å². The molecular formula is C23H29NO5. The molecule has 0 aliphatic carbocycles. The number of para-hydroxylation sites is 1. The van der Waals surface area contributed by atoms with Crippen molar-refractivity contribution in [1.82, 2.24) is 5.32 Å². The quantitative estimate of drug-likeness (QED) is 0.678. The van der Waals surface area contributed by atoms with E-state index in [0.717, 1.165) is 23.1 Å². The zero-order chi connectivity index (χ0) is 20.9. The van der Waals surface area contributed by atoms with Gasteiger partial charge in [0.15, 0.2) is 18.1 Å². The third kappa shape index (κ3) is 5.71. The molecule has 1 aliphatic heterocycles. The predicted octanol–water partition coefficient (Wildman–Crippen LogP) is 2.95. The van der Waals surface area contributed by atoms with Crippen molar-refractivity contribution >= 4 is 5.91 Å². The van der Waals surface area contributed by atoms with Gasteiger partial charge in [-0.3, -0.25) is 4.79 Å². The summed E-state index contributed by atoms with van der Waals surface area (Å²) in [5, 5.41) is 11.9. The molecule has 6 heteroatoms. The van der Waals surface area contributed by atoms with Crippen molar-refractivity contribution in [3.63, 3.8) is 0 Å². The molecule has 1 atom stereocenters. The molecule has 0 saturated carbocycles. The average molecular weight is 399 g/mol. The molecule has 0 spiro atoms. The Morgan fingerprint density at radius 1 is 1.24 bits per heavy atom. The first-order valence-electron chi connectivity index (χ1n) is 9.87. The molecule has 156 valence electrons. The first kappa shape index (κ1) is 21.1. The van der Waals surface area contributed by atoms with E-state index in [1.807, 2.05) is 63.2 Å². The maximum Gasteiger partial charge on any atom is 0.258 e. The van der Waals surface area contributed by atoms with Gasteiger partial charge < -0.3 is 24.6 Å². The van der Waals surface area contributed by atoms with E-state index in [1.54, 1.807) is 0 Å². The Kier molecular flexibility index (Phi) is 6.77. The number of hydrogen-bond donors (Lipinski definition) is 2. The van der Waals surface area contributed by atoms with Gasteiger partial charge in [-0.15, -0.1) is 0 Å². The molecule has 0 aromatic heterocycles. The Labute approximate surface area is 171 Å². The Balaban J connectivity index is 1.55. The Hall–Kier alpha value is -2.57. The van der Waals surface area contributed by atoms with Crippen LogP contribution in [0.4, 0.5) is 0 Å². The largest absolute Gasteiger partial charge is 0.483 e. The molecule has 2 aromatic carbocycles. The third-order valence-corrected chi connectivity index (χ3v) is 4.76. The van der Waals surface area contributed by atoms with Gasteiger partial charge in [-0.05, 0) is 32.4 Å². The van der Waals surface area contributed by atoms with Crippen LogP contribution < -0.4 is 14.8 Å². The van der Waals surface area contributed by atoms with Crippen molar-refractivity contribution in [2.24, 2.45) is 0 Å². The lowest BCUT2D eigenvalue weighted by Gasteiger charge is -2.19. The Morgan fingerprint density at radius 3 is 2.72 bits per heavy atom. The number of amides is 1. The minimum atomic E-state index is -0.336. The number of carbonyl (C=O) groups is 1. The minimum absolute atomic E-state index is 0.0745. The highest BCUT2D eigenvalue weighted by Crippen LogP contribution is 2.41. The van der Waals surface area contributed by atoms with E-state index in [0.29, 0.717) is 18.0 Å². The molecule has 1 amide bonds. The summed E-state index contributed by atoms with van der Waals surface area (Å²) in [5.41, 5.74) is 2.91. The highest BCUT2D eigenvalue weighted by atomic mass is 16.5. The third-order valence-electron chi connectivity index (χ3n) is 4.76. The molecule has 0 radical (unpaired) electrons. The highest BCUT2D eigenvalue weighted by molar-refractivity contribution is 5.77. The number of aliphatic hydroxyl groups is 1. The van der Waals surface area contributed by atoms with Crippen LogP contribution in [0.3, 0.4) is 0 Å². The van der Waals surface area contributed by atoms with Gasteiger partial charge in [-0.25, -0.2) is 0 Å². The van der Waals surface area contributed by atoms with Gasteiger partial charge >= 0.3 is 0 Å². The van der Waals surface area contributed by atoms with Gasteiger partial charge in [0.1, 0.15) is 5.60 Å². The summed E-state index contributed by atoms with van der Waals surface area (Å²) in [6, 6.07) is 13.7. The lowest BCUT2D eigenvalue weighted by atomic mass is 10.0. The summed E-state index contributed by atoms with van der Waals surface area (Å²) in [7, 11) is 0.